The van der Waals surface area contributed by atoms with Gasteiger partial charge in [-0.3, -0.25) is 0 Å². The van der Waals surface area contributed by atoms with Crippen LogP contribution in [0.25, 0.3) is 0 Å². The highest BCUT2D eigenvalue weighted by Gasteiger charge is 2.12. The van der Waals surface area contributed by atoms with E-state index in [-0.39, 0.29) is 6.10 Å². The second-order valence-electron chi connectivity index (χ2n) is 5.50. The smallest absolute Gasteiger partial charge is 0.119 e. The van der Waals surface area contributed by atoms with Crippen LogP contribution in [0.4, 0.5) is 0 Å². The number of hydrogen-bond acceptors (Lipinski definition) is 3. The van der Waals surface area contributed by atoms with Crippen LogP contribution in [-0.2, 0) is 11.3 Å². The van der Waals surface area contributed by atoms with Crippen LogP contribution >= 0.6 is 0 Å². The molecular formula is C16H27NO2. The molecule has 19 heavy (non-hydrogen) atoms. The third-order valence-corrected chi connectivity index (χ3v) is 3.01. The first-order chi connectivity index (χ1) is 9.02. The Morgan fingerprint density at radius 3 is 2.16 bits per heavy atom. The minimum absolute atomic E-state index is 0.219. The predicted octanol–water partition coefficient (Wildman–Crippen LogP) is 3.23. The Morgan fingerprint density at radius 2 is 1.68 bits per heavy atom. The van der Waals surface area contributed by atoms with E-state index >= 15 is 0 Å². The Balaban J connectivity index is 2.48. The molecule has 108 valence electrons. The highest BCUT2D eigenvalue weighted by Crippen LogP contribution is 2.14. The molecule has 1 aromatic rings. The zero-order valence-electron chi connectivity index (χ0n) is 12.8. The summed E-state index contributed by atoms with van der Waals surface area (Å²) in [6.07, 6.45) is 0.219. The van der Waals surface area contributed by atoms with Crippen molar-refractivity contribution in [2.75, 3.05) is 13.7 Å². The van der Waals surface area contributed by atoms with Crippen molar-refractivity contribution in [3.8, 4) is 5.75 Å². The molecule has 0 fully saturated rings. The molecule has 0 aliphatic heterocycles. The maximum Gasteiger partial charge on any atom is 0.119 e. The Kier molecular flexibility index (Phi) is 6.89. The summed E-state index contributed by atoms with van der Waals surface area (Å²) < 4.78 is 10.9. The van der Waals surface area contributed by atoms with Crippen molar-refractivity contribution < 1.29 is 9.47 Å². The second-order valence-corrected chi connectivity index (χ2v) is 5.50. The number of benzene rings is 1. The molecule has 1 rings (SSSR count). The number of hydrogen-bond donors (Lipinski definition) is 1. The number of ether oxygens (including phenoxy) is 2. The van der Waals surface area contributed by atoms with Gasteiger partial charge in [-0.25, -0.2) is 0 Å². The van der Waals surface area contributed by atoms with Gasteiger partial charge in [-0.05, 0) is 37.5 Å². The van der Waals surface area contributed by atoms with Gasteiger partial charge in [0.1, 0.15) is 5.75 Å². The van der Waals surface area contributed by atoms with Crippen LogP contribution in [0.2, 0.25) is 0 Å². The van der Waals surface area contributed by atoms with E-state index in [2.05, 4.69) is 31.3 Å². The summed E-state index contributed by atoms with van der Waals surface area (Å²) in [6, 6.07) is 8.65. The number of methoxy groups -OCH3 is 1. The highest BCUT2D eigenvalue weighted by atomic mass is 16.5. The quantitative estimate of drug-likeness (QED) is 0.783. The zero-order valence-corrected chi connectivity index (χ0v) is 12.8. The molecule has 0 heterocycles. The standard InChI is InChI=1S/C16H27NO2/c1-12(2)16(11-18-5)17-10-14-6-8-15(9-7-14)19-13(3)4/h6-9,12-13,16-17H,10-11H2,1-5H3. The molecule has 0 spiro atoms. The molecule has 0 aliphatic rings. The fourth-order valence-electron chi connectivity index (χ4n) is 1.87. The summed E-state index contributed by atoms with van der Waals surface area (Å²) in [6.45, 7) is 10.1. The van der Waals surface area contributed by atoms with Gasteiger partial charge in [0.15, 0.2) is 0 Å². The highest BCUT2D eigenvalue weighted by molar-refractivity contribution is 5.27. The van der Waals surface area contributed by atoms with Gasteiger partial charge in [0.25, 0.3) is 0 Å². The number of nitrogens with one attached hydrogen (secondary N) is 1. The van der Waals surface area contributed by atoms with E-state index in [0.717, 1.165) is 18.9 Å². The lowest BCUT2D eigenvalue weighted by Crippen LogP contribution is -2.37. The largest absolute Gasteiger partial charge is 0.491 e. The molecule has 3 heteroatoms. The van der Waals surface area contributed by atoms with Gasteiger partial charge in [0, 0.05) is 19.7 Å². The van der Waals surface area contributed by atoms with Crippen molar-refractivity contribution >= 4 is 0 Å². The molecule has 0 aromatic heterocycles. The lowest BCUT2D eigenvalue weighted by Gasteiger charge is -2.21. The first-order valence-corrected chi connectivity index (χ1v) is 7.00. The van der Waals surface area contributed by atoms with Crippen molar-refractivity contribution in [2.45, 2.75) is 46.4 Å². The monoisotopic (exact) mass is 265 g/mol. The van der Waals surface area contributed by atoms with E-state index in [0.29, 0.717) is 12.0 Å². The van der Waals surface area contributed by atoms with Crippen molar-refractivity contribution in [1.29, 1.82) is 0 Å². The molecule has 0 aliphatic carbocycles. The van der Waals surface area contributed by atoms with Crippen molar-refractivity contribution in [3.63, 3.8) is 0 Å². The summed E-state index contributed by atoms with van der Waals surface area (Å²) in [4.78, 5) is 0. The molecular weight excluding hydrogens is 238 g/mol. The van der Waals surface area contributed by atoms with Crippen molar-refractivity contribution in [2.24, 2.45) is 5.92 Å². The van der Waals surface area contributed by atoms with Crippen LogP contribution in [0.3, 0.4) is 0 Å². The van der Waals surface area contributed by atoms with E-state index in [1.807, 2.05) is 26.0 Å². The molecule has 0 saturated heterocycles. The summed E-state index contributed by atoms with van der Waals surface area (Å²) in [5.74, 6) is 1.49. The molecule has 1 atom stereocenters. The summed E-state index contributed by atoms with van der Waals surface area (Å²) in [5.41, 5.74) is 1.26. The minimum atomic E-state index is 0.219. The molecule has 1 unspecified atom stereocenters. The van der Waals surface area contributed by atoms with Crippen LogP contribution in [-0.4, -0.2) is 25.9 Å². The fraction of sp³-hybridized carbons (Fsp3) is 0.625. The van der Waals surface area contributed by atoms with Crippen molar-refractivity contribution in [1.82, 2.24) is 5.32 Å². The second kappa shape index (κ2) is 8.18. The Labute approximate surface area is 117 Å². The summed E-state index contributed by atoms with van der Waals surface area (Å²) in [7, 11) is 1.75. The predicted molar refractivity (Wildman–Crippen MR) is 79.5 cm³/mol. The van der Waals surface area contributed by atoms with Gasteiger partial charge in [-0.2, -0.15) is 0 Å². The van der Waals surface area contributed by atoms with Gasteiger partial charge >= 0.3 is 0 Å². The van der Waals surface area contributed by atoms with Crippen LogP contribution in [0.5, 0.6) is 5.75 Å². The molecule has 1 aromatic carbocycles. The first kappa shape index (κ1) is 16.0. The molecule has 0 radical (unpaired) electrons. The van der Waals surface area contributed by atoms with Crippen LogP contribution in [0, 0.1) is 5.92 Å². The molecule has 0 bridgehead atoms. The Morgan fingerprint density at radius 1 is 1.05 bits per heavy atom. The lowest BCUT2D eigenvalue weighted by molar-refractivity contribution is 0.146. The molecule has 1 N–H and O–H groups in total. The van der Waals surface area contributed by atoms with Crippen LogP contribution in [0.1, 0.15) is 33.3 Å². The van der Waals surface area contributed by atoms with E-state index < -0.39 is 0 Å². The van der Waals surface area contributed by atoms with Gasteiger partial charge in [0.05, 0.1) is 12.7 Å². The normalized spacial score (nSPS) is 13.0. The Bertz CT molecular complexity index is 346. The van der Waals surface area contributed by atoms with Gasteiger partial charge in [-0.15, -0.1) is 0 Å². The van der Waals surface area contributed by atoms with Gasteiger partial charge in [0.2, 0.25) is 0 Å². The summed E-state index contributed by atoms with van der Waals surface area (Å²) >= 11 is 0. The van der Waals surface area contributed by atoms with Crippen LogP contribution < -0.4 is 10.1 Å². The SMILES string of the molecule is COCC(NCc1ccc(OC(C)C)cc1)C(C)C. The number of rotatable bonds is 8. The van der Waals surface area contributed by atoms with Crippen LogP contribution in [0.15, 0.2) is 24.3 Å². The maximum atomic E-state index is 5.63. The topological polar surface area (TPSA) is 30.5 Å². The van der Waals surface area contributed by atoms with E-state index in [1.165, 1.54) is 5.56 Å². The average molecular weight is 265 g/mol. The van der Waals surface area contributed by atoms with Crippen molar-refractivity contribution in [3.05, 3.63) is 29.8 Å². The summed E-state index contributed by atoms with van der Waals surface area (Å²) in [5, 5.41) is 3.53. The third-order valence-electron chi connectivity index (χ3n) is 3.01. The zero-order chi connectivity index (χ0) is 14.3. The van der Waals surface area contributed by atoms with Gasteiger partial charge in [-0.1, -0.05) is 26.0 Å². The van der Waals surface area contributed by atoms with E-state index in [9.17, 15) is 0 Å². The van der Waals surface area contributed by atoms with Gasteiger partial charge < -0.3 is 14.8 Å². The molecule has 3 nitrogen and oxygen atoms in total. The maximum absolute atomic E-state index is 5.63. The lowest BCUT2D eigenvalue weighted by atomic mass is 10.0. The average Bonchev–Trinajstić information content (AvgIpc) is 2.35. The third kappa shape index (κ3) is 6.08. The van der Waals surface area contributed by atoms with E-state index in [4.69, 9.17) is 9.47 Å². The first-order valence-electron chi connectivity index (χ1n) is 7.00. The molecule has 0 saturated carbocycles. The Hall–Kier alpha value is -1.06. The minimum Gasteiger partial charge on any atom is -0.491 e. The fourth-order valence-corrected chi connectivity index (χ4v) is 1.87. The van der Waals surface area contributed by atoms with E-state index in [1.54, 1.807) is 7.11 Å². The molecule has 0 amide bonds.